The minimum Gasteiger partial charge on any atom is -0.491 e. The first kappa shape index (κ1) is 11.7. The molecule has 92 valence electrons. The fourth-order valence-electron chi connectivity index (χ4n) is 1.76. The summed E-state index contributed by atoms with van der Waals surface area (Å²) in [6.45, 7) is 2.22. The number of carbonyl (C=O) groups is 1. The molecule has 0 spiro atoms. The van der Waals surface area contributed by atoms with Crippen LogP contribution in [-0.2, 0) is 4.79 Å². The van der Waals surface area contributed by atoms with Crippen molar-refractivity contribution in [2.75, 3.05) is 6.61 Å². The highest BCUT2D eigenvalue weighted by molar-refractivity contribution is 5.72. The lowest BCUT2D eigenvalue weighted by atomic mass is 10.1. The van der Waals surface area contributed by atoms with Crippen molar-refractivity contribution in [3.63, 3.8) is 0 Å². The maximum atomic E-state index is 10.8. The Morgan fingerprint density at radius 3 is 3.12 bits per heavy atom. The van der Waals surface area contributed by atoms with Crippen LogP contribution in [0.25, 0.3) is 0 Å². The Morgan fingerprint density at radius 1 is 1.71 bits per heavy atom. The van der Waals surface area contributed by atoms with Crippen LogP contribution in [0.3, 0.4) is 0 Å². The van der Waals surface area contributed by atoms with Gasteiger partial charge < -0.3 is 20.3 Å². The van der Waals surface area contributed by atoms with Crippen molar-refractivity contribution in [1.29, 1.82) is 0 Å². The van der Waals surface area contributed by atoms with E-state index < -0.39 is 12.1 Å². The summed E-state index contributed by atoms with van der Waals surface area (Å²) in [5.74, 6) is 0.202. The van der Waals surface area contributed by atoms with Crippen LogP contribution in [-0.4, -0.2) is 23.8 Å². The van der Waals surface area contributed by atoms with Gasteiger partial charge in [0.15, 0.2) is 6.10 Å². The first-order valence-corrected chi connectivity index (χ1v) is 5.53. The smallest absolute Gasteiger partial charge is 0.344 e. The molecule has 2 unspecified atom stereocenters. The zero-order valence-corrected chi connectivity index (χ0v) is 9.55. The summed E-state index contributed by atoms with van der Waals surface area (Å²) in [7, 11) is 0. The standard InChI is InChI=1S/C12H15NO4/c1-2-10(12(14)15)17-7-3-4-8-9(13)6-16-11(8)5-7/h3-5,9-10H,2,6,13H2,1H3,(H,14,15). The molecule has 5 nitrogen and oxygen atoms in total. The second-order valence-electron chi connectivity index (χ2n) is 3.97. The topological polar surface area (TPSA) is 81.8 Å². The molecule has 1 aromatic carbocycles. The van der Waals surface area contributed by atoms with E-state index in [1.807, 2.05) is 6.07 Å². The highest BCUT2D eigenvalue weighted by Gasteiger charge is 2.22. The van der Waals surface area contributed by atoms with E-state index in [-0.39, 0.29) is 6.04 Å². The third-order valence-electron chi connectivity index (χ3n) is 2.73. The molecule has 2 rings (SSSR count). The molecule has 0 saturated heterocycles. The van der Waals surface area contributed by atoms with Gasteiger partial charge >= 0.3 is 5.97 Å². The molecule has 17 heavy (non-hydrogen) atoms. The average Bonchev–Trinajstić information content (AvgIpc) is 2.67. The molecular formula is C12H15NO4. The van der Waals surface area contributed by atoms with Gasteiger partial charge in [0.1, 0.15) is 18.1 Å². The molecule has 2 atom stereocenters. The zero-order valence-electron chi connectivity index (χ0n) is 9.55. The average molecular weight is 237 g/mol. The Bertz CT molecular complexity index is 433. The first-order chi connectivity index (χ1) is 8.11. The molecule has 0 amide bonds. The Labute approximate surface area is 99.1 Å². The molecule has 1 heterocycles. The van der Waals surface area contributed by atoms with Crippen molar-refractivity contribution < 1.29 is 19.4 Å². The van der Waals surface area contributed by atoms with E-state index in [0.29, 0.717) is 24.5 Å². The Morgan fingerprint density at radius 2 is 2.47 bits per heavy atom. The summed E-state index contributed by atoms with van der Waals surface area (Å²) in [6.07, 6.45) is -0.421. The summed E-state index contributed by atoms with van der Waals surface area (Å²) < 4.78 is 10.7. The molecule has 1 aromatic rings. The van der Waals surface area contributed by atoms with Crippen LogP contribution in [0.2, 0.25) is 0 Å². The predicted octanol–water partition coefficient (Wildman–Crippen LogP) is 1.32. The largest absolute Gasteiger partial charge is 0.491 e. The number of rotatable bonds is 4. The number of carboxylic acid groups (broad SMARTS) is 1. The van der Waals surface area contributed by atoms with Crippen LogP contribution < -0.4 is 15.2 Å². The molecule has 1 aliphatic heterocycles. The Hall–Kier alpha value is -1.75. The van der Waals surface area contributed by atoms with Crippen LogP contribution in [0.4, 0.5) is 0 Å². The highest BCUT2D eigenvalue weighted by Crippen LogP contribution is 2.34. The van der Waals surface area contributed by atoms with Gasteiger partial charge in [0.2, 0.25) is 0 Å². The summed E-state index contributed by atoms with van der Waals surface area (Å²) in [6, 6.07) is 5.12. The van der Waals surface area contributed by atoms with Crippen molar-refractivity contribution in [2.45, 2.75) is 25.5 Å². The summed E-state index contributed by atoms with van der Waals surface area (Å²) >= 11 is 0. The lowest BCUT2D eigenvalue weighted by molar-refractivity contribution is -0.145. The molecule has 0 saturated carbocycles. The molecule has 5 heteroatoms. The van der Waals surface area contributed by atoms with E-state index in [0.717, 1.165) is 5.56 Å². The van der Waals surface area contributed by atoms with Gasteiger partial charge in [0, 0.05) is 11.6 Å². The SMILES string of the molecule is CCC(Oc1ccc2c(c1)OCC2N)C(=O)O. The van der Waals surface area contributed by atoms with Crippen LogP contribution in [0.1, 0.15) is 24.9 Å². The van der Waals surface area contributed by atoms with Crippen molar-refractivity contribution in [2.24, 2.45) is 5.73 Å². The van der Waals surface area contributed by atoms with Gasteiger partial charge in [-0.05, 0) is 18.6 Å². The van der Waals surface area contributed by atoms with Crippen LogP contribution >= 0.6 is 0 Å². The maximum absolute atomic E-state index is 10.8. The van der Waals surface area contributed by atoms with Gasteiger partial charge in [0.05, 0.1) is 6.04 Å². The minimum atomic E-state index is -0.967. The molecule has 1 aliphatic rings. The first-order valence-electron chi connectivity index (χ1n) is 5.53. The Kier molecular flexibility index (Phi) is 3.19. The number of hydrogen-bond acceptors (Lipinski definition) is 4. The fraction of sp³-hybridized carbons (Fsp3) is 0.417. The van der Waals surface area contributed by atoms with Crippen molar-refractivity contribution in [3.8, 4) is 11.5 Å². The minimum absolute atomic E-state index is 0.111. The van der Waals surface area contributed by atoms with E-state index in [4.69, 9.17) is 20.3 Å². The predicted molar refractivity (Wildman–Crippen MR) is 61.2 cm³/mol. The summed E-state index contributed by atoms with van der Waals surface area (Å²) in [5.41, 5.74) is 6.74. The normalized spacial score (nSPS) is 19.3. The van der Waals surface area contributed by atoms with Crippen molar-refractivity contribution >= 4 is 5.97 Å². The highest BCUT2D eigenvalue weighted by atomic mass is 16.5. The molecule has 0 bridgehead atoms. The fourth-order valence-corrected chi connectivity index (χ4v) is 1.76. The molecule has 0 aromatic heterocycles. The summed E-state index contributed by atoms with van der Waals surface area (Å²) in [5, 5.41) is 8.89. The van der Waals surface area contributed by atoms with Crippen LogP contribution in [0.15, 0.2) is 18.2 Å². The number of fused-ring (bicyclic) bond motifs is 1. The number of hydrogen-bond donors (Lipinski definition) is 2. The Balaban J connectivity index is 2.16. The quantitative estimate of drug-likeness (QED) is 0.825. The second kappa shape index (κ2) is 4.63. The van der Waals surface area contributed by atoms with E-state index in [1.165, 1.54) is 0 Å². The third kappa shape index (κ3) is 2.34. The second-order valence-corrected chi connectivity index (χ2v) is 3.97. The number of carboxylic acids is 1. The van der Waals surface area contributed by atoms with Gasteiger partial charge in [-0.1, -0.05) is 6.92 Å². The molecular weight excluding hydrogens is 222 g/mol. The number of aliphatic carboxylic acids is 1. The molecule has 3 N–H and O–H groups in total. The third-order valence-corrected chi connectivity index (χ3v) is 2.73. The van der Waals surface area contributed by atoms with E-state index in [9.17, 15) is 4.79 Å². The van der Waals surface area contributed by atoms with E-state index in [2.05, 4.69) is 0 Å². The zero-order chi connectivity index (χ0) is 12.4. The van der Waals surface area contributed by atoms with Gasteiger partial charge in [-0.2, -0.15) is 0 Å². The number of nitrogens with two attached hydrogens (primary N) is 1. The van der Waals surface area contributed by atoms with E-state index in [1.54, 1.807) is 19.1 Å². The van der Waals surface area contributed by atoms with E-state index >= 15 is 0 Å². The van der Waals surface area contributed by atoms with Crippen LogP contribution in [0.5, 0.6) is 11.5 Å². The van der Waals surface area contributed by atoms with Gasteiger partial charge in [-0.25, -0.2) is 4.79 Å². The lowest BCUT2D eigenvalue weighted by Gasteiger charge is -2.13. The maximum Gasteiger partial charge on any atom is 0.344 e. The number of benzene rings is 1. The van der Waals surface area contributed by atoms with Gasteiger partial charge in [-0.15, -0.1) is 0 Å². The van der Waals surface area contributed by atoms with Gasteiger partial charge in [0.25, 0.3) is 0 Å². The molecule has 0 radical (unpaired) electrons. The summed E-state index contributed by atoms with van der Waals surface area (Å²) in [4.78, 5) is 10.8. The lowest BCUT2D eigenvalue weighted by Crippen LogP contribution is -2.25. The number of ether oxygens (including phenoxy) is 2. The van der Waals surface area contributed by atoms with Crippen molar-refractivity contribution in [3.05, 3.63) is 23.8 Å². The monoisotopic (exact) mass is 237 g/mol. The van der Waals surface area contributed by atoms with Gasteiger partial charge in [-0.3, -0.25) is 0 Å². The van der Waals surface area contributed by atoms with Crippen molar-refractivity contribution in [1.82, 2.24) is 0 Å². The van der Waals surface area contributed by atoms with Crippen LogP contribution in [0, 0.1) is 0 Å². The molecule has 0 aliphatic carbocycles. The molecule has 0 fully saturated rings.